The van der Waals surface area contributed by atoms with Crippen LogP contribution in [-0.4, -0.2) is 28.2 Å². The van der Waals surface area contributed by atoms with E-state index in [1.54, 1.807) is 11.1 Å². The van der Waals surface area contributed by atoms with Gasteiger partial charge in [0.25, 0.3) is 0 Å². The molecular formula is C23H29N3O2. The third-order valence-corrected chi connectivity index (χ3v) is 5.29. The molecule has 5 nitrogen and oxygen atoms in total. The van der Waals surface area contributed by atoms with Gasteiger partial charge in [-0.3, -0.25) is 14.6 Å². The lowest BCUT2D eigenvalue weighted by molar-refractivity contribution is -0.128. The molecule has 3 rings (SSSR count). The van der Waals surface area contributed by atoms with Gasteiger partial charge < -0.3 is 10.2 Å². The summed E-state index contributed by atoms with van der Waals surface area (Å²) in [5, 5.41) is 3.16. The van der Waals surface area contributed by atoms with Gasteiger partial charge in [0.1, 0.15) is 0 Å². The standard InChI is InChI=1S/C23H29N3O2/c1-15(2)19-9-7-10-20(16(3)4)22(19)25-23(28)17-12-21(27)26(13-17)14-18-8-5-6-11-24-18/h5-11,15-17H,12-14H2,1-4H3,(H,25,28). The maximum Gasteiger partial charge on any atom is 0.229 e. The highest BCUT2D eigenvalue weighted by Gasteiger charge is 2.35. The Balaban J connectivity index is 1.75. The Kier molecular flexibility index (Phi) is 6.12. The van der Waals surface area contributed by atoms with E-state index >= 15 is 0 Å². The fourth-order valence-corrected chi connectivity index (χ4v) is 3.71. The highest BCUT2D eigenvalue weighted by atomic mass is 16.2. The molecule has 1 saturated heterocycles. The molecule has 1 atom stereocenters. The van der Waals surface area contributed by atoms with Crippen LogP contribution in [0.2, 0.25) is 0 Å². The molecular weight excluding hydrogens is 350 g/mol. The zero-order valence-electron chi connectivity index (χ0n) is 17.1. The molecule has 2 amide bonds. The molecule has 1 aliphatic rings. The second-order valence-corrected chi connectivity index (χ2v) is 8.11. The van der Waals surface area contributed by atoms with E-state index < -0.39 is 0 Å². The molecule has 5 heteroatoms. The molecule has 1 fully saturated rings. The summed E-state index contributed by atoms with van der Waals surface area (Å²) in [5.41, 5.74) is 4.01. The zero-order chi connectivity index (χ0) is 20.3. The van der Waals surface area contributed by atoms with Gasteiger partial charge in [0, 0.05) is 24.8 Å². The lowest BCUT2D eigenvalue weighted by atomic mass is 9.92. The van der Waals surface area contributed by atoms with E-state index in [9.17, 15) is 9.59 Å². The van der Waals surface area contributed by atoms with Crippen molar-refractivity contribution in [2.24, 2.45) is 5.92 Å². The molecule has 0 saturated carbocycles. The molecule has 2 aromatic rings. The first-order valence-electron chi connectivity index (χ1n) is 9.98. The number of para-hydroxylation sites is 1. The number of nitrogens with zero attached hydrogens (tertiary/aromatic N) is 2. The van der Waals surface area contributed by atoms with E-state index in [2.05, 4.69) is 50.1 Å². The van der Waals surface area contributed by atoms with Crippen LogP contribution in [0, 0.1) is 5.92 Å². The van der Waals surface area contributed by atoms with Crippen molar-refractivity contribution in [2.75, 3.05) is 11.9 Å². The number of hydrogen-bond acceptors (Lipinski definition) is 3. The van der Waals surface area contributed by atoms with Crippen molar-refractivity contribution in [3.63, 3.8) is 0 Å². The minimum Gasteiger partial charge on any atom is -0.336 e. The second-order valence-electron chi connectivity index (χ2n) is 8.11. The van der Waals surface area contributed by atoms with Crippen LogP contribution < -0.4 is 5.32 Å². The molecule has 0 radical (unpaired) electrons. The first kappa shape index (κ1) is 20.1. The number of rotatable bonds is 6. The summed E-state index contributed by atoms with van der Waals surface area (Å²) >= 11 is 0. The van der Waals surface area contributed by atoms with E-state index in [0.717, 1.165) is 22.5 Å². The number of likely N-dealkylation sites (tertiary alicyclic amines) is 1. The number of benzene rings is 1. The third-order valence-electron chi connectivity index (χ3n) is 5.29. The molecule has 1 N–H and O–H groups in total. The van der Waals surface area contributed by atoms with E-state index in [1.165, 1.54) is 0 Å². The molecule has 148 valence electrons. The summed E-state index contributed by atoms with van der Waals surface area (Å²) < 4.78 is 0. The Morgan fingerprint density at radius 2 is 1.79 bits per heavy atom. The highest BCUT2D eigenvalue weighted by Crippen LogP contribution is 2.33. The smallest absolute Gasteiger partial charge is 0.229 e. The normalized spacial score (nSPS) is 16.9. The van der Waals surface area contributed by atoms with Crippen LogP contribution in [-0.2, 0) is 16.1 Å². The molecule has 0 aliphatic carbocycles. The Hall–Kier alpha value is -2.69. The van der Waals surface area contributed by atoms with E-state index in [0.29, 0.717) is 24.9 Å². The van der Waals surface area contributed by atoms with E-state index in [4.69, 9.17) is 0 Å². The van der Waals surface area contributed by atoms with Gasteiger partial charge in [-0.25, -0.2) is 0 Å². The van der Waals surface area contributed by atoms with Crippen molar-refractivity contribution in [1.29, 1.82) is 0 Å². The average molecular weight is 380 g/mol. The van der Waals surface area contributed by atoms with Crippen LogP contribution in [0.1, 0.15) is 62.8 Å². The Labute approximate surface area is 167 Å². The summed E-state index contributed by atoms with van der Waals surface area (Å²) in [6.45, 7) is 9.39. The van der Waals surface area contributed by atoms with E-state index in [-0.39, 0.29) is 24.2 Å². The van der Waals surface area contributed by atoms with Gasteiger partial charge in [0.2, 0.25) is 11.8 Å². The Morgan fingerprint density at radius 3 is 2.36 bits per heavy atom. The van der Waals surface area contributed by atoms with Gasteiger partial charge in [0.15, 0.2) is 0 Å². The minimum atomic E-state index is -0.337. The number of nitrogens with one attached hydrogen (secondary N) is 1. The monoisotopic (exact) mass is 379 g/mol. The molecule has 2 heterocycles. The number of amides is 2. The molecule has 1 aromatic carbocycles. The van der Waals surface area contributed by atoms with Crippen molar-refractivity contribution in [3.05, 3.63) is 59.4 Å². The molecule has 0 spiro atoms. The van der Waals surface area contributed by atoms with Crippen LogP contribution in [0.3, 0.4) is 0 Å². The molecule has 1 aliphatic heterocycles. The average Bonchev–Trinajstić information content (AvgIpc) is 3.03. The van der Waals surface area contributed by atoms with Gasteiger partial charge in [-0.2, -0.15) is 0 Å². The summed E-state index contributed by atoms with van der Waals surface area (Å²) in [5.74, 6) is 0.204. The Bertz CT molecular complexity index is 820. The van der Waals surface area contributed by atoms with Gasteiger partial charge >= 0.3 is 0 Å². The molecule has 0 bridgehead atoms. The predicted molar refractivity (Wildman–Crippen MR) is 111 cm³/mol. The first-order chi connectivity index (χ1) is 13.4. The summed E-state index contributed by atoms with van der Waals surface area (Å²) in [6, 6.07) is 11.8. The van der Waals surface area contributed by atoms with Crippen molar-refractivity contribution in [1.82, 2.24) is 9.88 Å². The maximum absolute atomic E-state index is 13.0. The van der Waals surface area contributed by atoms with Crippen LogP contribution in [0.25, 0.3) is 0 Å². The minimum absolute atomic E-state index is 0.00651. The van der Waals surface area contributed by atoms with Crippen molar-refractivity contribution in [3.8, 4) is 0 Å². The van der Waals surface area contributed by atoms with Crippen LogP contribution in [0.15, 0.2) is 42.6 Å². The SMILES string of the molecule is CC(C)c1cccc(C(C)C)c1NC(=O)C1CC(=O)N(Cc2ccccn2)C1. The lowest BCUT2D eigenvalue weighted by Gasteiger charge is -2.21. The summed E-state index contributed by atoms with van der Waals surface area (Å²) in [7, 11) is 0. The van der Waals surface area contributed by atoms with Crippen molar-refractivity contribution < 1.29 is 9.59 Å². The quantitative estimate of drug-likeness (QED) is 0.813. The number of carbonyl (C=O) groups is 2. The van der Waals surface area contributed by atoms with Crippen molar-refractivity contribution >= 4 is 17.5 Å². The topological polar surface area (TPSA) is 62.3 Å². The number of hydrogen-bond donors (Lipinski definition) is 1. The Morgan fingerprint density at radius 1 is 1.11 bits per heavy atom. The third kappa shape index (κ3) is 4.41. The number of anilines is 1. The second kappa shape index (κ2) is 8.55. The number of aromatic nitrogens is 1. The first-order valence-corrected chi connectivity index (χ1v) is 9.98. The van der Waals surface area contributed by atoms with E-state index in [1.807, 2.05) is 24.3 Å². The van der Waals surface area contributed by atoms with Gasteiger partial charge in [0.05, 0.1) is 18.2 Å². The zero-order valence-corrected chi connectivity index (χ0v) is 17.1. The highest BCUT2D eigenvalue weighted by molar-refractivity contribution is 5.98. The van der Waals surface area contributed by atoms with Crippen molar-refractivity contribution in [2.45, 2.75) is 52.5 Å². The van der Waals surface area contributed by atoms with Crippen LogP contribution in [0.5, 0.6) is 0 Å². The fourth-order valence-electron chi connectivity index (χ4n) is 3.71. The summed E-state index contributed by atoms with van der Waals surface area (Å²) in [4.78, 5) is 31.4. The maximum atomic E-state index is 13.0. The van der Waals surface area contributed by atoms with Gasteiger partial charge in [-0.1, -0.05) is 52.0 Å². The fraction of sp³-hybridized carbons (Fsp3) is 0.435. The summed E-state index contributed by atoms with van der Waals surface area (Å²) in [6.07, 6.45) is 1.97. The van der Waals surface area contributed by atoms with Crippen LogP contribution in [0.4, 0.5) is 5.69 Å². The van der Waals surface area contributed by atoms with Gasteiger partial charge in [-0.15, -0.1) is 0 Å². The molecule has 28 heavy (non-hydrogen) atoms. The lowest BCUT2D eigenvalue weighted by Crippen LogP contribution is -2.28. The van der Waals surface area contributed by atoms with Gasteiger partial charge in [-0.05, 0) is 35.1 Å². The van der Waals surface area contributed by atoms with Crippen LogP contribution >= 0.6 is 0 Å². The predicted octanol–water partition coefficient (Wildman–Crippen LogP) is 4.32. The molecule has 1 unspecified atom stereocenters. The number of pyridine rings is 1. The number of carbonyl (C=O) groups excluding carboxylic acids is 2. The largest absolute Gasteiger partial charge is 0.336 e. The molecule has 1 aromatic heterocycles.